The lowest BCUT2D eigenvalue weighted by Crippen LogP contribution is -2.30. The molecule has 1 fully saturated rings. The molecule has 0 aromatic heterocycles. The van der Waals surface area contributed by atoms with E-state index in [1.807, 2.05) is 6.92 Å². The molecule has 1 N–H and O–H groups in total. The van der Waals surface area contributed by atoms with Gasteiger partial charge < -0.3 is 5.32 Å². The SMILES string of the molecule is CCNC(c1ccc(F)c(F)c1F)C1CCCC1C. The van der Waals surface area contributed by atoms with E-state index in [1.54, 1.807) is 0 Å². The van der Waals surface area contributed by atoms with E-state index in [0.29, 0.717) is 12.5 Å². The molecule has 2 rings (SSSR count). The predicted octanol–water partition coefficient (Wildman–Crippen LogP) is 4.19. The van der Waals surface area contributed by atoms with Crippen LogP contribution in [0.4, 0.5) is 13.2 Å². The summed E-state index contributed by atoms with van der Waals surface area (Å²) < 4.78 is 40.4. The molecular formula is C15H20F3N. The molecule has 0 heterocycles. The fourth-order valence-corrected chi connectivity index (χ4v) is 3.16. The molecule has 1 aliphatic carbocycles. The molecule has 0 amide bonds. The molecule has 3 atom stereocenters. The molecule has 0 saturated heterocycles. The van der Waals surface area contributed by atoms with Crippen molar-refractivity contribution in [2.75, 3.05) is 6.54 Å². The van der Waals surface area contributed by atoms with E-state index in [2.05, 4.69) is 12.2 Å². The highest BCUT2D eigenvalue weighted by Gasteiger charge is 2.33. The molecule has 1 nitrogen and oxygen atoms in total. The summed E-state index contributed by atoms with van der Waals surface area (Å²) in [7, 11) is 0. The normalized spacial score (nSPS) is 24.7. The number of hydrogen-bond donors (Lipinski definition) is 1. The molecule has 1 aliphatic rings. The van der Waals surface area contributed by atoms with Gasteiger partial charge in [-0.1, -0.05) is 32.8 Å². The van der Waals surface area contributed by atoms with Gasteiger partial charge in [0, 0.05) is 11.6 Å². The number of nitrogens with one attached hydrogen (secondary N) is 1. The Hall–Kier alpha value is -1.03. The molecule has 0 aliphatic heterocycles. The molecule has 0 spiro atoms. The quantitative estimate of drug-likeness (QED) is 0.810. The van der Waals surface area contributed by atoms with E-state index in [4.69, 9.17) is 0 Å². The summed E-state index contributed by atoms with van der Waals surface area (Å²) in [4.78, 5) is 0. The second-order valence-corrected chi connectivity index (χ2v) is 5.37. The van der Waals surface area contributed by atoms with Crippen molar-refractivity contribution in [3.05, 3.63) is 35.1 Å². The lowest BCUT2D eigenvalue weighted by molar-refractivity contribution is 0.295. The molecule has 0 bridgehead atoms. The van der Waals surface area contributed by atoms with Gasteiger partial charge in [0.1, 0.15) is 0 Å². The van der Waals surface area contributed by atoms with Crippen LogP contribution in [0.5, 0.6) is 0 Å². The zero-order valence-corrected chi connectivity index (χ0v) is 11.3. The summed E-state index contributed by atoms with van der Waals surface area (Å²) in [5.74, 6) is -2.80. The van der Waals surface area contributed by atoms with Gasteiger partial charge in [-0.2, -0.15) is 0 Å². The first kappa shape index (κ1) is 14.4. The zero-order valence-electron chi connectivity index (χ0n) is 11.3. The third kappa shape index (κ3) is 2.78. The van der Waals surface area contributed by atoms with Crippen LogP contribution in [0.1, 0.15) is 44.7 Å². The van der Waals surface area contributed by atoms with Gasteiger partial charge >= 0.3 is 0 Å². The van der Waals surface area contributed by atoms with E-state index >= 15 is 0 Å². The molecular weight excluding hydrogens is 251 g/mol. The molecule has 106 valence electrons. The minimum Gasteiger partial charge on any atom is -0.310 e. The molecule has 1 aromatic carbocycles. The molecule has 1 saturated carbocycles. The van der Waals surface area contributed by atoms with Crippen molar-refractivity contribution < 1.29 is 13.2 Å². The van der Waals surface area contributed by atoms with Crippen molar-refractivity contribution in [3.8, 4) is 0 Å². The highest BCUT2D eigenvalue weighted by atomic mass is 19.2. The second kappa shape index (κ2) is 5.95. The maximum absolute atomic E-state index is 14.0. The Kier molecular flexibility index (Phi) is 4.50. The Morgan fingerprint density at radius 3 is 2.53 bits per heavy atom. The summed E-state index contributed by atoms with van der Waals surface area (Å²) in [5.41, 5.74) is 0.250. The Bertz CT molecular complexity index is 447. The smallest absolute Gasteiger partial charge is 0.194 e. The maximum Gasteiger partial charge on any atom is 0.194 e. The van der Waals surface area contributed by atoms with Crippen LogP contribution in [-0.4, -0.2) is 6.54 Å². The fraction of sp³-hybridized carbons (Fsp3) is 0.600. The monoisotopic (exact) mass is 271 g/mol. The topological polar surface area (TPSA) is 12.0 Å². The van der Waals surface area contributed by atoms with Gasteiger partial charge in [0.2, 0.25) is 0 Å². The van der Waals surface area contributed by atoms with E-state index in [9.17, 15) is 13.2 Å². The van der Waals surface area contributed by atoms with E-state index in [0.717, 1.165) is 25.3 Å². The first-order chi connectivity index (χ1) is 9.06. The maximum atomic E-state index is 14.0. The van der Waals surface area contributed by atoms with Gasteiger partial charge in [0.25, 0.3) is 0 Å². The Labute approximate surface area is 112 Å². The van der Waals surface area contributed by atoms with E-state index in [1.165, 1.54) is 6.07 Å². The Balaban J connectivity index is 2.36. The van der Waals surface area contributed by atoms with Gasteiger partial charge in [-0.15, -0.1) is 0 Å². The third-order valence-corrected chi connectivity index (χ3v) is 4.18. The van der Waals surface area contributed by atoms with Crippen LogP contribution >= 0.6 is 0 Å². The summed E-state index contributed by atoms with van der Waals surface area (Å²) in [6, 6.07) is 2.14. The first-order valence-corrected chi connectivity index (χ1v) is 6.93. The number of rotatable bonds is 4. The fourth-order valence-electron chi connectivity index (χ4n) is 3.16. The Morgan fingerprint density at radius 2 is 1.95 bits per heavy atom. The van der Waals surface area contributed by atoms with Crippen LogP contribution in [0, 0.1) is 29.3 Å². The lowest BCUT2D eigenvalue weighted by Gasteiger charge is -2.28. The van der Waals surface area contributed by atoms with Gasteiger partial charge in [0.05, 0.1) is 0 Å². The molecule has 3 unspecified atom stereocenters. The number of halogens is 3. The van der Waals surface area contributed by atoms with Crippen LogP contribution < -0.4 is 5.32 Å². The van der Waals surface area contributed by atoms with Crippen LogP contribution in [0.3, 0.4) is 0 Å². The van der Waals surface area contributed by atoms with Crippen molar-refractivity contribution >= 4 is 0 Å². The third-order valence-electron chi connectivity index (χ3n) is 4.18. The van der Waals surface area contributed by atoms with Crippen molar-refractivity contribution in [1.82, 2.24) is 5.32 Å². The van der Waals surface area contributed by atoms with Crippen LogP contribution in [-0.2, 0) is 0 Å². The van der Waals surface area contributed by atoms with Crippen molar-refractivity contribution in [2.45, 2.75) is 39.2 Å². The zero-order chi connectivity index (χ0) is 14.0. The van der Waals surface area contributed by atoms with Gasteiger partial charge in [-0.05, 0) is 30.9 Å². The van der Waals surface area contributed by atoms with E-state index in [-0.39, 0.29) is 17.5 Å². The minimum atomic E-state index is -1.37. The van der Waals surface area contributed by atoms with Crippen molar-refractivity contribution in [2.24, 2.45) is 11.8 Å². The predicted molar refractivity (Wildman–Crippen MR) is 69.2 cm³/mol. The summed E-state index contributed by atoms with van der Waals surface area (Å²) >= 11 is 0. The van der Waals surface area contributed by atoms with Gasteiger partial charge in [-0.25, -0.2) is 13.2 Å². The van der Waals surface area contributed by atoms with Crippen molar-refractivity contribution in [1.29, 1.82) is 0 Å². The molecule has 4 heteroatoms. The highest BCUT2D eigenvalue weighted by molar-refractivity contribution is 5.24. The lowest BCUT2D eigenvalue weighted by atomic mass is 9.85. The first-order valence-electron chi connectivity index (χ1n) is 6.93. The standard InChI is InChI=1S/C15H20F3N/c1-3-19-15(10-6-4-5-9(10)2)11-7-8-12(16)14(18)13(11)17/h7-10,15,19H,3-6H2,1-2H3. The number of benzene rings is 1. The molecule has 0 radical (unpaired) electrons. The number of hydrogen-bond acceptors (Lipinski definition) is 1. The molecule has 1 aromatic rings. The van der Waals surface area contributed by atoms with Crippen LogP contribution in [0.25, 0.3) is 0 Å². The summed E-state index contributed by atoms with van der Waals surface area (Å²) in [6.45, 7) is 4.75. The van der Waals surface area contributed by atoms with E-state index < -0.39 is 17.5 Å². The van der Waals surface area contributed by atoms with Gasteiger partial charge in [0.15, 0.2) is 17.5 Å². The van der Waals surface area contributed by atoms with Crippen molar-refractivity contribution in [3.63, 3.8) is 0 Å². The van der Waals surface area contributed by atoms with Crippen LogP contribution in [0.2, 0.25) is 0 Å². The average Bonchev–Trinajstić information content (AvgIpc) is 2.80. The Morgan fingerprint density at radius 1 is 1.21 bits per heavy atom. The van der Waals surface area contributed by atoms with Crippen LogP contribution in [0.15, 0.2) is 12.1 Å². The average molecular weight is 271 g/mol. The summed E-state index contributed by atoms with van der Waals surface area (Å²) in [5, 5.41) is 3.23. The van der Waals surface area contributed by atoms with Gasteiger partial charge in [-0.3, -0.25) is 0 Å². The second-order valence-electron chi connectivity index (χ2n) is 5.37. The molecule has 19 heavy (non-hydrogen) atoms. The minimum absolute atomic E-state index is 0.238. The summed E-state index contributed by atoms with van der Waals surface area (Å²) in [6.07, 6.45) is 3.22. The highest BCUT2D eigenvalue weighted by Crippen LogP contribution is 2.41. The largest absolute Gasteiger partial charge is 0.310 e.